The predicted molar refractivity (Wildman–Crippen MR) is 82.8 cm³/mol. The van der Waals surface area contributed by atoms with Crippen molar-refractivity contribution in [3.05, 3.63) is 29.1 Å². The van der Waals surface area contributed by atoms with Gasteiger partial charge in [0.05, 0.1) is 12.3 Å². The Morgan fingerprint density at radius 2 is 2.05 bits per heavy atom. The largest absolute Gasteiger partial charge is 0.493 e. The zero-order chi connectivity index (χ0) is 13.4. The molecule has 3 nitrogen and oxygen atoms in total. The highest BCUT2D eigenvalue weighted by Crippen LogP contribution is 2.33. The van der Waals surface area contributed by atoms with E-state index in [1.807, 2.05) is 0 Å². The Labute approximate surface area is 123 Å². The predicted octanol–water partition coefficient (Wildman–Crippen LogP) is 3.74. The van der Waals surface area contributed by atoms with Gasteiger partial charge in [0, 0.05) is 30.5 Å². The van der Waals surface area contributed by atoms with Crippen LogP contribution in [-0.4, -0.2) is 24.7 Å². The van der Waals surface area contributed by atoms with Gasteiger partial charge in [0.1, 0.15) is 5.75 Å². The number of benzene rings is 1. The van der Waals surface area contributed by atoms with E-state index in [2.05, 4.69) is 28.5 Å². The van der Waals surface area contributed by atoms with Crippen LogP contribution in [0.5, 0.6) is 5.75 Å². The van der Waals surface area contributed by atoms with Gasteiger partial charge in [-0.2, -0.15) is 0 Å². The number of nitrogens with zero attached hydrogens (tertiary/aromatic N) is 2. The lowest BCUT2D eigenvalue weighted by molar-refractivity contribution is 0.357. The zero-order valence-corrected chi connectivity index (χ0v) is 12.3. The first-order valence-electron chi connectivity index (χ1n) is 7.37. The minimum absolute atomic E-state index is 0.814. The van der Waals surface area contributed by atoms with Crippen molar-refractivity contribution in [1.29, 1.82) is 0 Å². The maximum absolute atomic E-state index is 5.65. The van der Waals surface area contributed by atoms with Gasteiger partial charge in [-0.3, -0.25) is 0 Å². The number of hydrogen-bond donors (Lipinski definition) is 0. The summed E-state index contributed by atoms with van der Waals surface area (Å²) in [6.07, 6.45) is 4.98. The second-order valence-electron chi connectivity index (χ2n) is 5.48. The van der Waals surface area contributed by atoms with E-state index in [-0.39, 0.29) is 0 Å². The van der Waals surface area contributed by atoms with Crippen molar-refractivity contribution in [3.63, 3.8) is 0 Å². The van der Waals surface area contributed by atoms with Gasteiger partial charge in [0.25, 0.3) is 0 Å². The van der Waals surface area contributed by atoms with Gasteiger partial charge in [0.2, 0.25) is 0 Å². The van der Waals surface area contributed by atoms with Crippen molar-refractivity contribution >= 4 is 16.5 Å². The van der Waals surface area contributed by atoms with Gasteiger partial charge in [-0.25, -0.2) is 4.98 Å². The number of aromatic nitrogens is 1. The fourth-order valence-corrected chi connectivity index (χ4v) is 3.84. The van der Waals surface area contributed by atoms with Crippen molar-refractivity contribution in [2.45, 2.75) is 25.7 Å². The monoisotopic (exact) mass is 286 g/mol. The minimum Gasteiger partial charge on any atom is -0.493 e. The van der Waals surface area contributed by atoms with Gasteiger partial charge in [-0.05, 0) is 30.9 Å². The molecular weight excluding hydrogens is 268 g/mol. The molecule has 0 amide bonds. The number of anilines is 1. The number of piperidine rings is 1. The molecule has 0 N–H and O–H groups in total. The van der Waals surface area contributed by atoms with Gasteiger partial charge < -0.3 is 9.64 Å². The van der Waals surface area contributed by atoms with Crippen LogP contribution in [0.25, 0.3) is 11.3 Å². The summed E-state index contributed by atoms with van der Waals surface area (Å²) in [7, 11) is 0. The van der Waals surface area contributed by atoms with E-state index in [0.29, 0.717) is 0 Å². The first-order valence-corrected chi connectivity index (χ1v) is 8.25. The summed E-state index contributed by atoms with van der Waals surface area (Å²) in [6.45, 7) is 3.12. The smallest absolute Gasteiger partial charge is 0.185 e. The van der Waals surface area contributed by atoms with Crippen LogP contribution in [-0.2, 0) is 6.42 Å². The number of thiazole rings is 1. The third kappa shape index (κ3) is 2.18. The summed E-state index contributed by atoms with van der Waals surface area (Å²) in [4.78, 5) is 7.24. The maximum Gasteiger partial charge on any atom is 0.185 e. The molecule has 104 valence electrons. The Kier molecular flexibility index (Phi) is 3.11. The second-order valence-corrected chi connectivity index (χ2v) is 6.32. The van der Waals surface area contributed by atoms with E-state index in [1.54, 1.807) is 11.3 Å². The molecule has 0 radical (unpaired) electrons. The molecule has 2 aliphatic heterocycles. The Morgan fingerprint density at radius 1 is 1.15 bits per heavy atom. The summed E-state index contributed by atoms with van der Waals surface area (Å²) in [5, 5.41) is 3.33. The summed E-state index contributed by atoms with van der Waals surface area (Å²) in [5.41, 5.74) is 3.57. The summed E-state index contributed by atoms with van der Waals surface area (Å²) >= 11 is 1.76. The SMILES string of the molecule is c1cc2c(cc1-c1csc(N3CCCCC3)n1)OCC2. The third-order valence-electron chi connectivity index (χ3n) is 4.11. The zero-order valence-electron chi connectivity index (χ0n) is 11.5. The standard InChI is InChI=1S/C16H18N2OS/c1-2-7-18(8-3-1)16-17-14(11-20-16)13-5-4-12-6-9-19-15(12)10-13/h4-5,10-11H,1-3,6-9H2. The normalized spacial score (nSPS) is 17.9. The van der Waals surface area contributed by atoms with Crippen LogP contribution in [0.4, 0.5) is 5.13 Å². The average Bonchev–Trinajstić information content (AvgIpc) is 3.16. The minimum atomic E-state index is 0.814. The van der Waals surface area contributed by atoms with Gasteiger partial charge >= 0.3 is 0 Å². The summed E-state index contributed by atoms with van der Waals surface area (Å²) in [6, 6.07) is 6.48. The molecule has 0 atom stereocenters. The number of rotatable bonds is 2. The van der Waals surface area contributed by atoms with E-state index in [9.17, 15) is 0 Å². The Hall–Kier alpha value is -1.55. The van der Waals surface area contributed by atoms with E-state index in [0.717, 1.165) is 37.6 Å². The molecule has 3 heterocycles. The highest BCUT2D eigenvalue weighted by Gasteiger charge is 2.17. The molecule has 0 saturated carbocycles. The molecule has 0 bridgehead atoms. The first kappa shape index (κ1) is 12.2. The Bertz CT molecular complexity index is 617. The molecule has 2 aromatic rings. The molecule has 0 unspecified atom stereocenters. The molecular formula is C16H18N2OS. The summed E-state index contributed by atoms with van der Waals surface area (Å²) < 4.78 is 5.65. The van der Waals surface area contributed by atoms with Crippen LogP contribution in [0, 0.1) is 0 Å². The van der Waals surface area contributed by atoms with E-state index in [1.165, 1.54) is 35.5 Å². The number of fused-ring (bicyclic) bond motifs is 1. The molecule has 1 fully saturated rings. The van der Waals surface area contributed by atoms with Crippen LogP contribution in [0.1, 0.15) is 24.8 Å². The molecule has 4 heteroatoms. The van der Waals surface area contributed by atoms with Crippen LogP contribution in [0.3, 0.4) is 0 Å². The van der Waals surface area contributed by atoms with Gasteiger partial charge in [-0.15, -0.1) is 11.3 Å². The number of hydrogen-bond acceptors (Lipinski definition) is 4. The highest BCUT2D eigenvalue weighted by molar-refractivity contribution is 7.14. The van der Waals surface area contributed by atoms with Crippen molar-refractivity contribution in [3.8, 4) is 17.0 Å². The van der Waals surface area contributed by atoms with Gasteiger partial charge in [-0.1, -0.05) is 12.1 Å². The quantitative estimate of drug-likeness (QED) is 0.841. The third-order valence-corrected chi connectivity index (χ3v) is 5.01. The second kappa shape index (κ2) is 5.09. The van der Waals surface area contributed by atoms with Crippen molar-refractivity contribution in [2.24, 2.45) is 0 Å². The molecule has 1 aromatic heterocycles. The Morgan fingerprint density at radius 3 is 2.95 bits per heavy atom. The molecule has 1 aromatic carbocycles. The fourth-order valence-electron chi connectivity index (χ4n) is 2.95. The van der Waals surface area contributed by atoms with E-state index >= 15 is 0 Å². The molecule has 1 saturated heterocycles. The van der Waals surface area contributed by atoms with E-state index in [4.69, 9.17) is 9.72 Å². The molecule has 0 aliphatic carbocycles. The van der Waals surface area contributed by atoms with Crippen molar-refractivity contribution in [1.82, 2.24) is 4.98 Å². The van der Waals surface area contributed by atoms with Crippen LogP contribution in [0.15, 0.2) is 23.6 Å². The van der Waals surface area contributed by atoms with E-state index < -0.39 is 0 Å². The molecule has 2 aliphatic rings. The fraction of sp³-hybridized carbons (Fsp3) is 0.438. The highest BCUT2D eigenvalue weighted by atomic mass is 32.1. The molecule has 0 spiro atoms. The first-order chi connectivity index (χ1) is 9.90. The topological polar surface area (TPSA) is 25.4 Å². The van der Waals surface area contributed by atoms with Crippen LogP contribution >= 0.6 is 11.3 Å². The lowest BCUT2D eigenvalue weighted by Crippen LogP contribution is -2.29. The van der Waals surface area contributed by atoms with Crippen LogP contribution < -0.4 is 9.64 Å². The Balaban J connectivity index is 1.61. The average molecular weight is 286 g/mol. The van der Waals surface area contributed by atoms with Crippen molar-refractivity contribution in [2.75, 3.05) is 24.6 Å². The number of ether oxygens (including phenoxy) is 1. The summed E-state index contributed by atoms with van der Waals surface area (Å²) in [5.74, 6) is 1.04. The van der Waals surface area contributed by atoms with Crippen molar-refractivity contribution < 1.29 is 4.74 Å². The molecule has 20 heavy (non-hydrogen) atoms. The lowest BCUT2D eigenvalue weighted by atomic mass is 10.1. The lowest BCUT2D eigenvalue weighted by Gasteiger charge is -2.25. The molecule has 4 rings (SSSR count). The maximum atomic E-state index is 5.65. The van der Waals surface area contributed by atoms with Gasteiger partial charge in [0.15, 0.2) is 5.13 Å². The van der Waals surface area contributed by atoms with Crippen LogP contribution in [0.2, 0.25) is 0 Å².